The topological polar surface area (TPSA) is 78.9 Å². The summed E-state index contributed by atoms with van der Waals surface area (Å²) in [4.78, 5) is 38.1. The van der Waals surface area contributed by atoms with Crippen LogP contribution in [0.2, 0.25) is 0 Å². The van der Waals surface area contributed by atoms with Gasteiger partial charge in [-0.25, -0.2) is 0 Å². The van der Waals surface area contributed by atoms with Crippen LogP contribution in [-0.4, -0.2) is 37.2 Å². The van der Waals surface area contributed by atoms with Crippen molar-refractivity contribution in [3.8, 4) is 0 Å². The number of carbonyl (C=O) groups excluding carboxylic acids is 3. The van der Waals surface area contributed by atoms with Gasteiger partial charge in [0, 0.05) is 19.3 Å². The molecule has 67 heavy (non-hydrogen) atoms. The maximum absolute atomic E-state index is 12.9. The minimum atomic E-state index is -0.763. The van der Waals surface area contributed by atoms with Gasteiger partial charge < -0.3 is 14.2 Å². The van der Waals surface area contributed by atoms with Crippen LogP contribution in [0.5, 0.6) is 0 Å². The molecule has 6 heteroatoms. The quantitative estimate of drug-likeness (QED) is 0.0343. The van der Waals surface area contributed by atoms with E-state index in [1.165, 1.54) is 231 Å². The fourth-order valence-corrected chi connectivity index (χ4v) is 9.37. The molecule has 0 amide bonds. The Hall–Kier alpha value is -1.59. The molecule has 0 aliphatic heterocycles. The molecule has 2 atom stereocenters. The number of hydrogen-bond acceptors (Lipinski definition) is 6. The zero-order chi connectivity index (χ0) is 48.9. The van der Waals surface area contributed by atoms with Crippen molar-refractivity contribution in [2.75, 3.05) is 13.2 Å². The Morgan fingerprint density at radius 2 is 0.567 bits per heavy atom. The molecule has 6 nitrogen and oxygen atoms in total. The molecule has 0 aromatic heterocycles. The fraction of sp³-hybridized carbons (Fsp3) is 0.951. The van der Waals surface area contributed by atoms with Gasteiger partial charge in [-0.1, -0.05) is 304 Å². The highest BCUT2D eigenvalue weighted by Gasteiger charge is 2.19. The van der Waals surface area contributed by atoms with Crippen LogP contribution < -0.4 is 0 Å². The Kier molecular flexibility index (Phi) is 52.5. The molecule has 1 unspecified atom stereocenters. The molecule has 0 bridgehead atoms. The van der Waals surface area contributed by atoms with E-state index in [-0.39, 0.29) is 31.1 Å². The maximum atomic E-state index is 12.9. The van der Waals surface area contributed by atoms with Crippen molar-refractivity contribution in [3.63, 3.8) is 0 Å². The van der Waals surface area contributed by atoms with Crippen molar-refractivity contribution in [2.24, 2.45) is 11.8 Å². The van der Waals surface area contributed by atoms with E-state index in [1.807, 2.05) is 0 Å². The lowest BCUT2D eigenvalue weighted by Crippen LogP contribution is -2.30. The van der Waals surface area contributed by atoms with E-state index in [0.29, 0.717) is 19.3 Å². The molecule has 0 aromatic rings. The van der Waals surface area contributed by atoms with Gasteiger partial charge in [-0.05, 0) is 31.1 Å². The largest absolute Gasteiger partial charge is 0.462 e. The molecule has 0 aliphatic carbocycles. The Balaban J connectivity index is 4.23. The monoisotopic (exact) mass is 947 g/mol. The van der Waals surface area contributed by atoms with Gasteiger partial charge in [-0.2, -0.15) is 0 Å². The second kappa shape index (κ2) is 53.8. The second-order valence-corrected chi connectivity index (χ2v) is 21.7. The molecule has 0 fully saturated rings. The number of ether oxygens (including phenoxy) is 3. The van der Waals surface area contributed by atoms with Crippen LogP contribution in [0.1, 0.15) is 343 Å². The molecular weight excluding hydrogens is 829 g/mol. The minimum absolute atomic E-state index is 0.0628. The first kappa shape index (κ1) is 65.4. The Bertz CT molecular complexity index is 1030. The van der Waals surface area contributed by atoms with Crippen molar-refractivity contribution < 1.29 is 28.6 Å². The lowest BCUT2D eigenvalue weighted by Gasteiger charge is -2.18. The first-order valence-corrected chi connectivity index (χ1v) is 30.3. The third kappa shape index (κ3) is 53.6. The van der Waals surface area contributed by atoms with Gasteiger partial charge in [0.1, 0.15) is 13.2 Å². The molecule has 0 spiro atoms. The molecular formula is C61H118O6. The van der Waals surface area contributed by atoms with Gasteiger partial charge in [-0.3, -0.25) is 14.4 Å². The van der Waals surface area contributed by atoms with E-state index in [9.17, 15) is 14.4 Å². The van der Waals surface area contributed by atoms with Gasteiger partial charge in [0.2, 0.25) is 0 Å². The molecule has 0 saturated carbocycles. The Morgan fingerprint density at radius 1 is 0.313 bits per heavy atom. The molecule has 398 valence electrons. The summed E-state index contributed by atoms with van der Waals surface area (Å²) in [6.45, 7) is 11.4. The molecule has 0 radical (unpaired) electrons. The third-order valence-corrected chi connectivity index (χ3v) is 14.3. The minimum Gasteiger partial charge on any atom is -0.462 e. The maximum Gasteiger partial charge on any atom is 0.306 e. The molecule has 0 saturated heterocycles. The fourth-order valence-electron chi connectivity index (χ4n) is 9.37. The predicted octanol–water partition coefficient (Wildman–Crippen LogP) is 20.0. The number of unbranched alkanes of at least 4 members (excludes halogenated alkanes) is 39. The zero-order valence-corrected chi connectivity index (χ0v) is 46.0. The molecule has 0 heterocycles. The first-order chi connectivity index (χ1) is 32.8. The van der Waals surface area contributed by atoms with E-state index in [4.69, 9.17) is 14.2 Å². The van der Waals surface area contributed by atoms with Gasteiger partial charge in [0.25, 0.3) is 0 Å². The summed E-state index contributed by atoms with van der Waals surface area (Å²) in [7, 11) is 0. The van der Waals surface area contributed by atoms with Crippen LogP contribution in [0.25, 0.3) is 0 Å². The van der Waals surface area contributed by atoms with Gasteiger partial charge in [-0.15, -0.1) is 0 Å². The summed E-state index contributed by atoms with van der Waals surface area (Å²) < 4.78 is 16.9. The molecule has 0 aromatic carbocycles. The average molecular weight is 948 g/mol. The van der Waals surface area contributed by atoms with E-state index in [0.717, 1.165) is 69.6 Å². The van der Waals surface area contributed by atoms with E-state index in [2.05, 4.69) is 34.6 Å². The number of rotatable bonds is 55. The summed E-state index contributed by atoms with van der Waals surface area (Å²) in [5.74, 6) is 0.867. The Labute approximate surface area is 418 Å². The van der Waals surface area contributed by atoms with Crippen molar-refractivity contribution in [2.45, 2.75) is 349 Å². The van der Waals surface area contributed by atoms with Crippen molar-refractivity contribution in [1.82, 2.24) is 0 Å². The average Bonchev–Trinajstić information content (AvgIpc) is 3.31. The lowest BCUT2D eigenvalue weighted by molar-refractivity contribution is -0.167. The molecule has 0 N–H and O–H groups in total. The predicted molar refractivity (Wildman–Crippen MR) is 289 cm³/mol. The highest BCUT2D eigenvalue weighted by atomic mass is 16.6. The molecule has 0 rings (SSSR count). The van der Waals surface area contributed by atoms with Crippen molar-refractivity contribution in [1.29, 1.82) is 0 Å². The second-order valence-electron chi connectivity index (χ2n) is 21.7. The number of hydrogen-bond donors (Lipinski definition) is 0. The zero-order valence-electron chi connectivity index (χ0n) is 46.0. The standard InChI is InChI=1S/C61H118O6/c1-6-8-9-10-11-12-13-14-15-21-24-27-30-36-41-46-51-59(62)65-54-58(55-66-60(63)52-47-42-37-33-32-34-39-44-49-56(3)4)67-61(64)53-48-43-38-31-28-25-22-19-17-16-18-20-23-26-29-35-40-45-50-57(5)7-2/h56-58H,6-55H2,1-5H3/t57?,58-/m1/s1. The summed E-state index contributed by atoms with van der Waals surface area (Å²) in [5.41, 5.74) is 0. The molecule has 0 aliphatic rings. The first-order valence-electron chi connectivity index (χ1n) is 30.3. The highest BCUT2D eigenvalue weighted by Crippen LogP contribution is 2.19. The SMILES string of the molecule is CCCCCCCCCCCCCCCCCCC(=O)OC[C@H](COC(=O)CCCCCCCCCCC(C)C)OC(=O)CCCCCCCCCCCCCCCCCCCCC(C)CC. The van der Waals surface area contributed by atoms with Crippen molar-refractivity contribution >= 4 is 17.9 Å². The third-order valence-electron chi connectivity index (χ3n) is 14.3. The highest BCUT2D eigenvalue weighted by molar-refractivity contribution is 5.71. The van der Waals surface area contributed by atoms with Crippen LogP contribution in [0.15, 0.2) is 0 Å². The van der Waals surface area contributed by atoms with Gasteiger partial charge >= 0.3 is 17.9 Å². The van der Waals surface area contributed by atoms with Gasteiger partial charge in [0.15, 0.2) is 6.10 Å². The number of carbonyl (C=O) groups is 3. The van der Waals surface area contributed by atoms with Crippen LogP contribution in [0, 0.1) is 11.8 Å². The van der Waals surface area contributed by atoms with Crippen LogP contribution >= 0.6 is 0 Å². The summed E-state index contributed by atoms with van der Waals surface area (Å²) >= 11 is 0. The van der Waals surface area contributed by atoms with Crippen molar-refractivity contribution in [3.05, 3.63) is 0 Å². The van der Waals surface area contributed by atoms with Crippen LogP contribution in [0.4, 0.5) is 0 Å². The Morgan fingerprint density at radius 3 is 0.851 bits per heavy atom. The summed E-state index contributed by atoms with van der Waals surface area (Å²) in [5, 5.41) is 0. The van der Waals surface area contributed by atoms with E-state index >= 15 is 0 Å². The summed E-state index contributed by atoms with van der Waals surface area (Å²) in [6.07, 6.45) is 58.2. The van der Waals surface area contributed by atoms with Gasteiger partial charge in [0.05, 0.1) is 0 Å². The van der Waals surface area contributed by atoms with E-state index in [1.54, 1.807) is 0 Å². The van der Waals surface area contributed by atoms with E-state index < -0.39 is 6.10 Å². The lowest BCUT2D eigenvalue weighted by atomic mass is 9.99. The van der Waals surface area contributed by atoms with Crippen LogP contribution in [0.3, 0.4) is 0 Å². The normalized spacial score (nSPS) is 12.4. The smallest absolute Gasteiger partial charge is 0.306 e. The summed E-state index contributed by atoms with van der Waals surface area (Å²) in [6, 6.07) is 0. The van der Waals surface area contributed by atoms with Crippen LogP contribution in [-0.2, 0) is 28.6 Å². The number of esters is 3.